The molecule has 0 saturated heterocycles. The number of hydrogen-bond donors (Lipinski definition) is 11. The van der Waals surface area contributed by atoms with E-state index in [0.717, 1.165) is 0 Å². The Morgan fingerprint density at radius 2 is 0.942 bits per heavy atom. The van der Waals surface area contributed by atoms with Gasteiger partial charge in [0.05, 0.1) is 19.2 Å². The summed E-state index contributed by atoms with van der Waals surface area (Å²) in [6.07, 6.45) is -0.763. The van der Waals surface area contributed by atoms with Crippen LogP contribution in [-0.2, 0) is 56.0 Å². The number of carboxylic acid groups (broad SMARTS) is 1. The molecular weight excluding hydrogens is 891 g/mol. The van der Waals surface area contributed by atoms with Crippen molar-refractivity contribution in [2.75, 3.05) is 13.1 Å². The average Bonchev–Trinajstić information content (AvgIpc) is 3.29. The largest absolute Gasteiger partial charge is 0.480 e. The average molecular weight is 966 g/mol. The van der Waals surface area contributed by atoms with E-state index in [2.05, 4.69) is 42.5 Å². The Balaban J connectivity index is 2.35. The highest BCUT2D eigenvalue weighted by Crippen LogP contribution is 2.13. The molecule has 0 aromatic heterocycles. The Morgan fingerprint density at radius 1 is 0.507 bits per heavy atom. The third-order valence-corrected chi connectivity index (χ3v) is 11.2. The Hall–Kier alpha value is -6.41. The quantitative estimate of drug-likeness (QED) is 0.0521. The second-order valence-corrected chi connectivity index (χ2v) is 18.6. The molecule has 0 heterocycles. The first kappa shape index (κ1) is 58.7. The number of carbonyl (C=O) groups is 9. The van der Waals surface area contributed by atoms with Crippen LogP contribution in [0.2, 0.25) is 0 Å². The van der Waals surface area contributed by atoms with E-state index in [4.69, 9.17) is 5.73 Å². The first-order valence-corrected chi connectivity index (χ1v) is 23.5. The second-order valence-electron chi connectivity index (χ2n) is 18.6. The zero-order chi connectivity index (χ0) is 52.0. The number of nitrogens with two attached hydrogens (primary N) is 1. The molecule has 0 aliphatic carbocycles. The molecule has 12 N–H and O–H groups in total. The summed E-state index contributed by atoms with van der Waals surface area (Å²) in [6.45, 7) is 14.5. The van der Waals surface area contributed by atoms with Crippen molar-refractivity contribution in [1.29, 1.82) is 0 Å². The monoisotopic (exact) mass is 966 g/mol. The minimum absolute atomic E-state index is 0.0297. The van der Waals surface area contributed by atoms with Gasteiger partial charge in [-0.3, -0.25) is 38.4 Å². The molecular formula is C49H75N9O11. The summed E-state index contributed by atoms with van der Waals surface area (Å²) >= 11 is 0. The number of aliphatic hydroxyl groups excluding tert-OH is 1. The van der Waals surface area contributed by atoms with Crippen LogP contribution in [0.5, 0.6) is 0 Å². The normalized spacial score (nSPS) is 15.2. The van der Waals surface area contributed by atoms with E-state index in [-0.39, 0.29) is 50.0 Å². The fourth-order valence-corrected chi connectivity index (χ4v) is 7.22. The number of nitrogens with one attached hydrogen (secondary N) is 8. The molecule has 0 saturated carbocycles. The maximum atomic E-state index is 14.2. The molecule has 0 spiro atoms. The summed E-state index contributed by atoms with van der Waals surface area (Å²) in [7, 11) is 0. The van der Waals surface area contributed by atoms with Crippen molar-refractivity contribution >= 4 is 53.2 Å². The molecule has 2 aromatic rings. The van der Waals surface area contributed by atoms with Gasteiger partial charge in [0, 0.05) is 12.8 Å². The Labute approximate surface area is 405 Å². The molecule has 8 amide bonds. The Kier molecular flexibility index (Phi) is 25.1. The number of benzene rings is 2. The molecule has 0 aliphatic rings. The molecule has 2 rings (SSSR count). The van der Waals surface area contributed by atoms with E-state index in [1.54, 1.807) is 95.3 Å². The summed E-state index contributed by atoms with van der Waals surface area (Å²) < 4.78 is 0. The minimum Gasteiger partial charge on any atom is -0.480 e. The van der Waals surface area contributed by atoms with Crippen molar-refractivity contribution in [1.82, 2.24) is 42.5 Å². The number of amides is 8. The summed E-state index contributed by atoms with van der Waals surface area (Å²) in [5, 5.41) is 41.0. The van der Waals surface area contributed by atoms with Crippen molar-refractivity contribution in [3.8, 4) is 0 Å². The molecule has 0 unspecified atom stereocenters. The molecule has 20 heteroatoms. The second kappa shape index (κ2) is 29.5. The molecule has 0 fully saturated rings. The molecule has 0 aliphatic heterocycles. The lowest BCUT2D eigenvalue weighted by Gasteiger charge is -2.29. The van der Waals surface area contributed by atoms with Crippen molar-refractivity contribution in [3.63, 3.8) is 0 Å². The third-order valence-electron chi connectivity index (χ3n) is 11.2. The van der Waals surface area contributed by atoms with Gasteiger partial charge in [-0.1, -0.05) is 122 Å². The smallest absolute Gasteiger partial charge is 0.326 e. The van der Waals surface area contributed by atoms with Gasteiger partial charge in [0.1, 0.15) is 42.3 Å². The number of carbonyl (C=O) groups excluding carboxylic acids is 8. The van der Waals surface area contributed by atoms with Crippen molar-refractivity contribution in [2.45, 2.75) is 143 Å². The lowest BCUT2D eigenvalue weighted by Crippen LogP contribution is -2.62. The van der Waals surface area contributed by atoms with Crippen LogP contribution in [0.4, 0.5) is 0 Å². The van der Waals surface area contributed by atoms with Gasteiger partial charge in [0.15, 0.2) is 0 Å². The van der Waals surface area contributed by atoms with Crippen LogP contribution in [0.1, 0.15) is 92.7 Å². The van der Waals surface area contributed by atoms with Crippen LogP contribution >= 0.6 is 0 Å². The SMILES string of the molecule is CC[C@@H](C)[C@H](NC(=O)CN)C(=O)N[C@H](CC(C)C)C(=O)NCC(=O)N[C@@H](Cc1ccccc1)C(=O)N[C@H](C(=O)N[C@@H](Cc1ccccc1)C(=O)N[C@H](C(=O)N[C@@H](CC(C)C)C(=O)O)[C@@H](C)O)C(C)C. The number of aliphatic hydroxyl groups is 1. The molecule has 0 radical (unpaired) electrons. The zero-order valence-corrected chi connectivity index (χ0v) is 41.3. The maximum absolute atomic E-state index is 14.2. The van der Waals surface area contributed by atoms with Gasteiger partial charge in [-0.05, 0) is 54.6 Å². The Bertz CT molecular complexity index is 2020. The van der Waals surface area contributed by atoms with Gasteiger partial charge in [-0.25, -0.2) is 4.79 Å². The molecule has 20 nitrogen and oxygen atoms in total. The molecule has 69 heavy (non-hydrogen) atoms. The standard InChI is InChI=1S/C49H75N9O11/c1-10-30(8)41(56-38(60)25-50)47(66)53-34(21-27(2)3)43(62)51-26-39(61)52-35(23-32-17-13-11-14-18-32)44(63)57-40(29(6)7)46(65)54-36(24-33-19-15-12-16-20-33)45(64)58-42(31(9)59)48(67)55-37(49(68)69)22-28(4)5/h11-20,27-31,34-37,40-42,59H,10,21-26,50H2,1-9H3,(H,51,62)(H,52,61)(H,53,66)(H,54,65)(H,55,67)(H,56,60)(H,57,63)(H,58,64)(H,68,69)/t30-,31-,34-,35+,36+,37+,40+,41+,42+/m1/s1. The van der Waals surface area contributed by atoms with Gasteiger partial charge < -0.3 is 58.5 Å². The fraction of sp³-hybridized carbons (Fsp3) is 0.571. The Morgan fingerprint density at radius 3 is 1.39 bits per heavy atom. The van der Waals surface area contributed by atoms with E-state index < -0.39 is 114 Å². The van der Waals surface area contributed by atoms with Gasteiger partial charge in [0.2, 0.25) is 47.3 Å². The summed E-state index contributed by atoms with van der Waals surface area (Å²) in [4.78, 5) is 120. The van der Waals surface area contributed by atoms with Gasteiger partial charge >= 0.3 is 5.97 Å². The van der Waals surface area contributed by atoms with Crippen LogP contribution in [0.3, 0.4) is 0 Å². The molecule has 2 aromatic carbocycles. The van der Waals surface area contributed by atoms with E-state index in [1.807, 2.05) is 20.8 Å². The summed E-state index contributed by atoms with van der Waals surface area (Å²) in [5.41, 5.74) is 6.73. The zero-order valence-electron chi connectivity index (χ0n) is 41.3. The van der Waals surface area contributed by atoms with Crippen LogP contribution in [0.15, 0.2) is 60.7 Å². The first-order chi connectivity index (χ1) is 32.5. The predicted molar refractivity (Wildman–Crippen MR) is 258 cm³/mol. The highest BCUT2D eigenvalue weighted by atomic mass is 16.4. The van der Waals surface area contributed by atoms with Crippen molar-refractivity contribution in [2.24, 2.45) is 29.4 Å². The van der Waals surface area contributed by atoms with Crippen LogP contribution in [0, 0.1) is 23.7 Å². The maximum Gasteiger partial charge on any atom is 0.326 e. The lowest BCUT2D eigenvalue weighted by atomic mass is 9.96. The van der Waals surface area contributed by atoms with Crippen LogP contribution in [-0.4, -0.2) is 125 Å². The topological polar surface area (TPSA) is 316 Å². The van der Waals surface area contributed by atoms with E-state index in [0.29, 0.717) is 17.5 Å². The summed E-state index contributed by atoms with van der Waals surface area (Å²) in [5.74, 6) is -8.28. The van der Waals surface area contributed by atoms with Gasteiger partial charge in [0.25, 0.3) is 0 Å². The number of hydrogen-bond acceptors (Lipinski definition) is 11. The first-order valence-electron chi connectivity index (χ1n) is 23.5. The summed E-state index contributed by atoms with van der Waals surface area (Å²) in [6, 6.07) is 8.49. The van der Waals surface area contributed by atoms with Crippen LogP contribution < -0.4 is 48.3 Å². The van der Waals surface area contributed by atoms with Crippen LogP contribution in [0.25, 0.3) is 0 Å². The molecule has 382 valence electrons. The molecule has 9 atom stereocenters. The third kappa shape index (κ3) is 20.8. The number of rotatable bonds is 29. The van der Waals surface area contributed by atoms with E-state index in [9.17, 15) is 53.4 Å². The fourth-order valence-electron chi connectivity index (χ4n) is 7.22. The van der Waals surface area contributed by atoms with Crippen molar-refractivity contribution < 1.29 is 53.4 Å². The number of carboxylic acids is 1. The highest BCUT2D eigenvalue weighted by molar-refractivity contribution is 5.97. The highest BCUT2D eigenvalue weighted by Gasteiger charge is 2.36. The van der Waals surface area contributed by atoms with E-state index in [1.165, 1.54) is 6.92 Å². The van der Waals surface area contributed by atoms with E-state index >= 15 is 0 Å². The minimum atomic E-state index is -1.60. The molecule has 0 bridgehead atoms. The van der Waals surface area contributed by atoms with Gasteiger partial charge in [-0.15, -0.1) is 0 Å². The van der Waals surface area contributed by atoms with Crippen molar-refractivity contribution in [3.05, 3.63) is 71.8 Å². The lowest BCUT2D eigenvalue weighted by molar-refractivity contribution is -0.143. The predicted octanol–water partition coefficient (Wildman–Crippen LogP) is 0.200. The van der Waals surface area contributed by atoms with Gasteiger partial charge in [-0.2, -0.15) is 0 Å². The number of aliphatic carboxylic acids is 1.